The fourth-order valence-corrected chi connectivity index (χ4v) is 8.79. The van der Waals surface area contributed by atoms with E-state index in [9.17, 15) is 9.59 Å². The first-order valence-corrected chi connectivity index (χ1v) is 22.5. The second kappa shape index (κ2) is 25.2. The van der Waals surface area contributed by atoms with Crippen molar-refractivity contribution in [1.82, 2.24) is 14.9 Å². The van der Waals surface area contributed by atoms with Crippen LogP contribution in [0.2, 0.25) is 0 Å². The zero-order valence-corrected chi connectivity index (χ0v) is 37.4. The highest BCUT2D eigenvalue weighted by atomic mass is 16.6. The first-order chi connectivity index (χ1) is 33.0. The first kappa shape index (κ1) is 48.1. The van der Waals surface area contributed by atoms with Crippen LogP contribution >= 0.6 is 0 Å². The van der Waals surface area contributed by atoms with Gasteiger partial charge in [-0.05, 0) is 50.9 Å². The molecule has 0 aliphatic heterocycles. The summed E-state index contributed by atoms with van der Waals surface area (Å²) in [6, 6.07) is 47.4. The quantitative estimate of drug-likeness (QED) is 0.0161. The third-order valence-corrected chi connectivity index (χ3v) is 11.7. The summed E-state index contributed by atoms with van der Waals surface area (Å²) in [4.78, 5) is 34.9. The Morgan fingerprint density at radius 3 is 1.58 bits per heavy atom. The van der Waals surface area contributed by atoms with Gasteiger partial charge in [0.2, 0.25) is 0 Å². The van der Waals surface area contributed by atoms with Crippen molar-refractivity contribution < 1.29 is 38.0 Å². The van der Waals surface area contributed by atoms with Crippen LogP contribution in [0.25, 0.3) is 21.6 Å². The molecule has 3 N–H and O–H groups in total. The SMILES string of the molecule is [N-]=[N+]=NCCOCCOCCOCCOCCOCCNC(=O)[C@@H](OC(N)=O)C(CC1c2ccccc2-c2ccccc21)c1cn(C(c2ccccc2)(c2ccccc2)c2ccccc2)cn1. The largest absolute Gasteiger partial charge is 0.436 e. The maximum Gasteiger partial charge on any atom is 0.405 e. The molecule has 0 saturated carbocycles. The Morgan fingerprint density at radius 2 is 1.10 bits per heavy atom. The Balaban J connectivity index is 1.06. The molecule has 0 radical (unpaired) electrons. The molecule has 0 fully saturated rings. The van der Waals surface area contributed by atoms with Crippen molar-refractivity contribution in [1.29, 1.82) is 0 Å². The van der Waals surface area contributed by atoms with E-state index in [4.69, 9.17) is 44.7 Å². The smallest absolute Gasteiger partial charge is 0.405 e. The van der Waals surface area contributed by atoms with Crippen molar-refractivity contribution in [2.24, 2.45) is 10.8 Å². The number of hydrogen-bond acceptors (Lipinski definition) is 10. The van der Waals surface area contributed by atoms with Crippen molar-refractivity contribution in [3.8, 4) is 11.1 Å². The number of benzene rings is 5. The molecule has 1 heterocycles. The molecule has 1 aliphatic carbocycles. The number of nitrogens with two attached hydrogens (primary N) is 1. The van der Waals surface area contributed by atoms with E-state index >= 15 is 0 Å². The summed E-state index contributed by atoms with van der Waals surface area (Å²) in [6.45, 7) is 4.06. The number of amides is 2. The summed E-state index contributed by atoms with van der Waals surface area (Å²) in [7, 11) is 0. The maximum atomic E-state index is 14.4. The Hall–Kier alpha value is -6.84. The number of hydrogen-bond donors (Lipinski definition) is 2. The van der Waals surface area contributed by atoms with Crippen molar-refractivity contribution in [3.63, 3.8) is 0 Å². The van der Waals surface area contributed by atoms with Gasteiger partial charge in [0.1, 0.15) is 5.54 Å². The Kier molecular flexibility index (Phi) is 18.1. The van der Waals surface area contributed by atoms with Crippen LogP contribution in [0.1, 0.15) is 51.8 Å². The number of carbonyl (C=O) groups is 2. The minimum atomic E-state index is -1.34. The van der Waals surface area contributed by atoms with Gasteiger partial charge in [-0.15, -0.1) is 0 Å². The van der Waals surface area contributed by atoms with Gasteiger partial charge in [0.05, 0.1) is 84.0 Å². The van der Waals surface area contributed by atoms with Crippen molar-refractivity contribution >= 4 is 12.0 Å². The Bertz CT molecular complexity index is 2360. The summed E-state index contributed by atoms with van der Waals surface area (Å²) in [5.41, 5.74) is 21.2. The van der Waals surface area contributed by atoms with Gasteiger partial charge in [-0.25, -0.2) is 9.78 Å². The van der Waals surface area contributed by atoms with Gasteiger partial charge < -0.3 is 44.0 Å². The molecule has 1 aromatic heterocycles. The summed E-state index contributed by atoms with van der Waals surface area (Å²) >= 11 is 0. The molecule has 1 aliphatic rings. The number of nitrogens with zero attached hydrogens (tertiary/aromatic N) is 5. The standard InChI is InChI=1S/C52H57N7O8/c53-51(61)67-49(50(60)55-24-26-62-28-30-64-32-34-66-35-33-65-31-29-63-27-25-57-58-54)47(36-46-44-22-12-10-20-42(44)43-21-11-13-23-45(43)46)48-37-59(38-56-48)52(39-14-4-1-5-15-39,40-16-6-2-7-17-40)41-18-8-3-9-19-41/h1-23,37-38,46-47,49H,24-36H2,(H2,53,61)(H,55,60)/t47?,49-/m0/s1. The number of nitrogens with one attached hydrogen (secondary N) is 1. The van der Waals surface area contributed by atoms with Gasteiger partial charge in [0.25, 0.3) is 5.91 Å². The molecule has 0 spiro atoms. The molecule has 5 aromatic carbocycles. The molecule has 6 aromatic rings. The third kappa shape index (κ3) is 12.3. The van der Waals surface area contributed by atoms with Gasteiger partial charge in [-0.1, -0.05) is 145 Å². The maximum absolute atomic E-state index is 14.4. The normalized spacial score (nSPS) is 13.0. The second-order valence-electron chi connectivity index (χ2n) is 15.7. The molecular formula is C52H57N7O8. The van der Waals surface area contributed by atoms with Crippen LogP contribution in [-0.4, -0.2) is 107 Å². The van der Waals surface area contributed by atoms with Gasteiger partial charge in [0.15, 0.2) is 6.10 Å². The lowest BCUT2D eigenvalue weighted by Crippen LogP contribution is -2.44. The van der Waals surface area contributed by atoms with Crippen LogP contribution < -0.4 is 11.1 Å². The highest BCUT2D eigenvalue weighted by molar-refractivity contribution is 5.84. The summed E-state index contributed by atoms with van der Waals surface area (Å²) in [5.74, 6) is -1.40. The van der Waals surface area contributed by atoms with Crippen LogP contribution in [0.4, 0.5) is 4.79 Å². The van der Waals surface area contributed by atoms with E-state index in [2.05, 4.69) is 80.6 Å². The first-order valence-electron chi connectivity index (χ1n) is 22.5. The number of primary amides is 1. The van der Waals surface area contributed by atoms with E-state index in [0.717, 1.165) is 38.9 Å². The molecule has 348 valence electrons. The van der Waals surface area contributed by atoms with E-state index in [1.807, 2.05) is 85.1 Å². The molecule has 0 bridgehead atoms. The topological polar surface area (TPSA) is 194 Å². The Labute approximate surface area is 390 Å². The van der Waals surface area contributed by atoms with Gasteiger partial charge in [-0.2, -0.15) is 0 Å². The minimum absolute atomic E-state index is 0.147. The lowest BCUT2D eigenvalue weighted by atomic mass is 9.76. The third-order valence-electron chi connectivity index (χ3n) is 11.7. The average Bonchev–Trinajstić information content (AvgIpc) is 3.98. The number of ether oxygens (including phenoxy) is 6. The number of azide groups is 1. The van der Waals surface area contributed by atoms with Crippen molar-refractivity contribution in [3.05, 3.63) is 196 Å². The van der Waals surface area contributed by atoms with Gasteiger partial charge >= 0.3 is 6.09 Å². The van der Waals surface area contributed by atoms with Gasteiger partial charge in [-0.3, -0.25) is 4.79 Å². The van der Waals surface area contributed by atoms with Crippen LogP contribution in [0.15, 0.2) is 157 Å². The number of rotatable bonds is 28. The zero-order chi connectivity index (χ0) is 46.5. The zero-order valence-electron chi connectivity index (χ0n) is 37.4. The lowest BCUT2D eigenvalue weighted by Gasteiger charge is -2.37. The molecule has 7 rings (SSSR count). The summed E-state index contributed by atoms with van der Waals surface area (Å²) < 4.78 is 35.6. The van der Waals surface area contributed by atoms with E-state index < -0.39 is 29.6 Å². The summed E-state index contributed by atoms with van der Waals surface area (Å²) in [5, 5.41) is 6.34. The molecule has 67 heavy (non-hydrogen) atoms. The molecule has 15 heteroatoms. The molecule has 2 atom stereocenters. The van der Waals surface area contributed by atoms with Crippen molar-refractivity contribution in [2.45, 2.75) is 29.9 Å². The lowest BCUT2D eigenvalue weighted by molar-refractivity contribution is -0.131. The monoisotopic (exact) mass is 907 g/mol. The predicted octanol–water partition coefficient (Wildman–Crippen LogP) is 7.98. The number of aromatic nitrogens is 2. The van der Waals surface area contributed by atoms with Crippen LogP contribution in [0.3, 0.4) is 0 Å². The van der Waals surface area contributed by atoms with E-state index in [0.29, 0.717) is 78.1 Å². The van der Waals surface area contributed by atoms with E-state index in [-0.39, 0.29) is 19.1 Å². The van der Waals surface area contributed by atoms with Crippen LogP contribution in [-0.2, 0) is 38.8 Å². The molecule has 0 saturated heterocycles. The van der Waals surface area contributed by atoms with Crippen LogP contribution in [0, 0.1) is 0 Å². The van der Waals surface area contributed by atoms with Crippen molar-refractivity contribution in [2.75, 3.05) is 79.2 Å². The van der Waals surface area contributed by atoms with Gasteiger partial charge in [0, 0.05) is 30.1 Å². The Morgan fingerprint density at radius 1 is 0.657 bits per heavy atom. The number of fused-ring (bicyclic) bond motifs is 3. The van der Waals surface area contributed by atoms with Crippen LogP contribution in [0.5, 0.6) is 0 Å². The highest BCUT2D eigenvalue weighted by Crippen LogP contribution is 2.49. The fourth-order valence-electron chi connectivity index (χ4n) is 8.79. The molecule has 2 amide bonds. The minimum Gasteiger partial charge on any atom is -0.436 e. The van der Waals surface area contributed by atoms with E-state index in [1.54, 1.807) is 6.33 Å². The number of carbonyl (C=O) groups excluding carboxylic acids is 2. The molecule has 15 nitrogen and oxygen atoms in total. The molecule has 1 unspecified atom stereocenters. The molecular weight excluding hydrogens is 851 g/mol. The second-order valence-corrected chi connectivity index (χ2v) is 15.7. The summed E-state index contributed by atoms with van der Waals surface area (Å²) in [6.07, 6.45) is 1.76. The average molecular weight is 908 g/mol. The highest BCUT2D eigenvalue weighted by Gasteiger charge is 2.42. The van der Waals surface area contributed by atoms with E-state index in [1.165, 1.54) is 0 Å². The fraction of sp³-hybridized carbons (Fsp3) is 0.327. The number of imidazole rings is 1. The predicted molar refractivity (Wildman–Crippen MR) is 253 cm³/mol.